The summed E-state index contributed by atoms with van der Waals surface area (Å²) >= 11 is 1.17. The zero-order chi connectivity index (χ0) is 15.4. The van der Waals surface area contributed by atoms with Gasteiger partial charge in [0.1, 0.15) is 11.4 Å². The standard InChI is InChI=1S/C16H20N4OS/c1-12-15(22-19-18-12)16(21)17-14-7-9-20(10-8-14)11-13-5-3-2-4-6-13/h2-6,14H,7-11H2,1H3,(H,17,21)/p+1. The largest absolute Gasteiger partial charge is 0.348 e. The number of amides is 1. The summed E-state index contributed by atoms with van der Waals surface area (Å²) in [6.07, 6.45) is 2.05. The van der Waals surface area contributed by atoms with Gasteiger partial charge in [0, 0.05) is 24.4 Å². The molecule has 0 bridgehead atoms. The number of benzene rings is 1. The lowest BCUT2D eigenvalue weighted by Gasteiger charge is -2.29. The minimum absolute atomic E-state index is 0.0241. The number of nitrogens with zero attached hydrogens (tertiary/aromatic N) is 2. The molecule has 1 aliphatic heterocycles. The van der Waals surface area contributed by atoms with Crippen LogP contribution in [0, 0.1) is 6.92 Å². The van der Waals surface area contributed by atoms with Crippen molar-refractivity contribution >= 4 is 17.4 Å². The molecule has 0 radical (unpaired) electrons. The molecule has 2 aromatic rings. The Balaban J connectivity index is 1.48. The van der Waals surface area contributed by atoms with Crippen LogP contribution in [0.4, 0.5) is 0 Å². The van der Waals surface area contributed by atoms with Gasteiger partial charge in [-0.2, -0.15) is 0 Å². The van der Waals surface area contributed by atoms with E-state index in [1.54, 1.807) is 4.90 Å². The van der Waals surface area contributed by atoms with E-state index < -0.39 is 0 Å². The molecule has 6 heteroatoms. The van der Waals surface area contributed by atoms with Crippen LogP contribution in [0.25, 0.3) is 0 Å². The van der Waals surface area contributed by atoms with Crippen molar-refractivity contribution in [2.75, 3.05) is 13.1 Å². The Labute approximate surface area is 134 Å². The predicted molar refractivity (Wildman–Crippen MR) is 86.0 cm³/mol. The van der Waals surface area contributed by atoms with Gasteiger partial charge >= 0.3 is 0 Å². The average Bonchev–Trinajstić information content (AvgIpc) is 2.96. The third-order valence-corrected chi connectivity index (χ3v) is 5.01. The fourth-order valence-electron chi connectivity index (χ4n) is 2.92. The van der Waals surface area contributed by atoms with Crippen LogP contribution in [0.5, 0.6) is 0 Å². The SMILES string of the molecule is Cc1nnsc1C(=O)NC1CC[NH+](Cc2ccccc2)CC1. The monoisotopic (exact) mass is 317 g/mol. The molecule has 5 nitrogen and oxygen atoms in total. The number of quaternary nitrogens is 1. The molecule has 116 valence electrons. The second-order valence-electron chi connectivity index (χ2n) is 5.85. The molecule has 1 aromatic carbocycles. The van der Waals surface area contributed by atoms with Crippen molar-refractivity contribution in [3.63, 3.8) is 0 Å². The third-order valence-electron chi connectivity index (χ3n) is 4.18. The van der Waals surface area contributed by atoms with Gasteiger partial charge < -0.3 is 10.2 Å². The van der Waals surface area contributed by atoms with E-state index >= 15 is 0 Å². The molecule has 0 unspecified atom stereocenters. The molecule has 1 aromatic heterocycles. The number of hydrogen-bond donors (Lipinski definition) is 2. The van der Waals surface area contributed by atoms with Gasteiger partial charge in [0.2, 0.25) is 0 Å². The van der Waals surface area contributed by atoms with E-state index in [0.29, 0.717) is 4.88 Å². The average molecular weight is 317 g/mol. The van der Waals surface area contributed by atoms with Gasteiger partial charge in [-0.15, -0.1) is 5.10 Å². The summed E-state index contributed by atoms with van der Waals surface area (Å²) < 4.78 is 3.82. The summed E-state index contributed by atoms with van der Waals surface area (Å²) in [5, 5.41) is 7.02. The van der Waals surface area contributed by atoms with Crippen LogP contribution < -0.4 is 10.2 Å². The highest BCUT2D eigenvalue weighted by Gasteiger charge is 2.25. The molecule has 2 N–H and O–H groups in total. The fraction of sp³-hybridized carbons (Fsp3) is 0.438. The van der Waals surface area contributed by atoms with Crippen molar-refractivity contribution in [2.24, 2.45) is 0 Å². The van der Waals surface area contributed by atoms with E-state index in [0.717, 1.165) is 38.2 Å². The molecular weight excluding hydrogens is 296 g/mol. The summed E-state index contributed by atoms with van der Waals surface area (Å²) in [4.78, 5) is 14.4. The first-order valence-corrected chi connectivity index (χ1v) is 8.47. The van der Waals surface area contributed by atoms with Crippen molar-refractivity contribution in [1.82, 2.24) is 14.9 Å². The van der Waals surface area contributed by atoms with Crippen LogP contribution in [-0.2, 0) is 6.54 Å². The predicted octanol–water partition coefficient (Wildman–Crippen LogP) is 0.824. The van der Waals surface area contributed by atoms with Crippen molar-refractivity contribution in [2.45, 2.75) is 32.4 Å². The number of carbonyl (C=O) groups is 1. The number of rotatable bonds is 4. The molecule has 0 atom stereocenters. The molecule has 1 saturated heterocycles. The number of piperidine rings is 1. The fourth-order valence-corrected chi connectivity index (χ4v) is 3.48. The minimum atomic E-state index is -0.0241. The Bertz CT molecular complexity index is 620. The molecule has 3 rings (SSSR count). The summed E-state index contributed by atoms with van der Waals surface area (Å²) in [5.41, 5.74) is 2.10. The lowest BCUT2D eigenvalue weighted by atomic mass is 10.0. The topological polar surface area (TPSA) is 59.3 Å². The van der Waals surface area contributed by atoms with Crippen LogP contribution in [0.15, 0.2) is 30.3 Å². The van der Waals surface area contributed by atoms with E-state index in [1.807, 2.05) is 6.92 Å². The lowest BCUT2D eigenvalue weighted by molar-refractivity contribution is -0.918. The Hall–Kier alpha value is -1.79. The van der Waals surface area contributed by atoms with Crippen LogP contribution in [0.3, 0.4) is 0 Å². The van der Waals surface area contributed by atoms with Crippen LogP contribution >= 0.6 is 11.5 Å². The normalized spacial score (nSPS) is 21.5. The maximum atomic E-state index is 12.2. The van der Waals surface area contributed by atoms with E-state index in [9.17, 15) is 4.79 Å². The van der Waals surface area contributed by atoms with Gasteiger partial charge in [-0.05, 0) is 18.5 Å². The van der Waals surface area contributed by atoms with Crippen LogP contribution in [-0.4, -0.2) is 34.6 Å². The number of likely N-dealkylation sites (tertiary alicyclic amines) is 1. The number of carbonyl (C=O) groups excluding carboxylic acids is 1. The van der Waals surface area contributed by atoms with Gasteiger partial charge in [0.15, 0.2) is 0 Å². The summed E-state index contributed by atoms with van der Waals surface area (Å²) in [5.74, 6) is -0.0241. The van der Waals surface area contributed by atoms with Crippen LogP contribution in [0.2, 0.25) is 0 Å². The smallest absolute Gasteiger partial charge is 0.265 e. The maximum absolute atomic E-state index is 12.2. The highest BCUT2D eigenvalue weighted by Crippen LogP contribution is 2.10. The molecule has 0 saturated carbocycles. The summed E-state index contributed by atoms with van der Waals surface area (Å²) in [7, 11) is 0. The molecule has 1 amide bonds. The van der Waals surface area contributed by atoms with Gasteiger partial charge in [-0.3, -0.25) is 4.79 Å². The van der Waals surface area contributed by atoms with Crippen molar-refractivity contribution < 1.29 is 9.69 Å². The Kier molecular flexibility index (Phi) is 4.80. The van der Waals surface area contributed by atoms with Gasteiger partial charge in [0.05, 0.1) is 18.8 Å². The van der Waals surface area contributed by atoms with Crippen molar-refractivity contribution in [1.29, 1.82) is 0 Å². The summed E-state index contributed by atoms with van der Waals surface area (Å²) in [6.45, 7) is 5.09. The molecule has 1 aliphatic rings. The molecule has 0 aliphatic carbocycles. The van der Waals surface area contributed by atoms with Gasteiger partial charge in [0.25, 0.3) is 5.91 Å². The Morgan fingerprint density at radius 3 is 2.68 bits per heavy atom. The van der Waals surface area contributed by atoms with Crippen molar-refractivity contribution in [3.05, 3.63) is 46.5 Å². The molecule has 0 spiro atoms. The van der Waals surface area contributed by atoms with Crippen LogP contribution in [0.1, 0.15) is 33.8 Å². The number of aryl methyl sites for hydroxylation is 1. The van der Waals surface area contributed by atoms with Gasteiger partial charge in [-0.1, -0.05) is 34.8 Å². The lowest BCUT2D eigenvalue weighted by Crippen LogP contribution is -3.12. The Morgan fingerprint density at radius 1 is 1.32 bits per heavy atom. The molecule has 22 heavy (non-hydrogen) atoms. The summed E-state index contributed by atoms with van der Waals surface area (Å²) in [6, 6.07) is 10.9. The molecule has 2 heterocycles. The van der Waals surface area contributed by atoms with Crippen molar-refractivity contribution in [3.8, 4) is 0 Å². The highest BCUT2D eigenvalue weighted by atomic mass is 32.1. The van der Waals surface area contributed by atoms with E-state index in [-0.39, 0.29) is 11.9 Å². The first kappa shape index (κ1) is 15.1. The minimum Gasteiger partial charge on any atom is -0.348 e. The van der Waals surface area contributed by atoms with E-state index in [4.69, 9.17) is 0 Å². The number of nitrogens with one attached hydrogen (secondary N) is 2. The van der Waals surface area contributed by atoms with E-state index in [2.05, 4.69) is 45.2 Å². The third kappa shape index (κ3) is 3.69. The first-order valence-electron chi connectivity index (χ1n) is 7.69. The van der Waals surface area contributed by atoms with Gasteiger partial charge in [-0.25, -0.2) is 0 Å². The quantitative estimate of drug-likeness (QED) is 0.878. The molecule has 1 fully saturated rings. The zero-order valence-corrected chi connectivity index (χ0v) is 13.5. The highest BCUT2D eigenvalue weighted by molar-refractivity contribution is 7.08. The second-order valence-corrected chi connectivity index (χ2v) is 6.60. The second kappa shape index (κ2) is 6.98. The maximum Gasteiger partial charge on any atom is 0.265 e. The van der Waals surface area contributed by atoms with E-state index in [1.165, 1.54) is 17.1 Å². The molecular formula is C16H21N4OS+. The number of aromatic nitrogens is 2. The first-order chi connectivity index (χ1) is 10.7. The zero-order valence-electron chi connectivity index (χ0n) is 12.7. The Morgan fingerprint density at radius 2 is 2.05 bits per heavy atom. The number of hydrogen-bond acceptors (Lipinski definition) is 4.